The van der Waals surface area contributed by atoms with Gasteiger partial charge in [0.05, 0.1) is 0 Å². The van der Waals surface area contributed by atoms with E-state index in [4.69, 9.17) is 0 Å². The van der Waals surface area contributed by atoms with Crippen LogP contribution < -0.4 is 0 Å². The van der Waals surface area contributed by atoms with Gasteiger partial charge >= 0.3 is 26.2 Å². The summed E-state index contributed by atoms with van der Waals surface area (Å²) in [5, 5.41) is 0. The molecule has 0 N–H and O–H groups in total. The van der Waals surface area contributed by atoms with Crippen molar-refractivity contribution in [2.24, 2.45) is 0 Å². The van der Waals surface area contributed by atoms with Crippen molar-refractivity contribution in [1.82, 2.24) is 0 Å². The Balaban J connectivity index is 0.00000187. The topological polar surface area (TPSA) is 25.3 Å². The van der Waals surface area contributed by atoms with Crippen LogP contribution >= 0.6 is 0 Å². The van der Waals surface area contributed by atoms with E-state index in [0.717, 1.165) is 61.0 Å². The maximum atomic E-state index is 11.9. The van der Waals surface area contributed by atoms with Gasteiger partial charge in [-0.05, 0) is 86.8 Å². The average Bonchev–Trinajstić information content (AvgIpc) is 3.26. The summed E-state index contributed by atoms with van der Waals surface area (Å²) in [7, 11) is 0. The fourth-order valence-corrected chi connectivity index (χ4v) is 5.73. The fraction of sp³-hybridized carbons (Fsp3) is 0.579. The van der Waals surface area contributed by atoms with Crippen molar-refractivity contribution >= 4 is 11.4 Å². The predicted molar refractivity (Wildman–Crippen MR) is 177 cm³/mol. The number of hydrogen-bond donors (Lipinski definition) is 0. The zero-order chi connectivity index (χ0) is 29.9. The Labute approximate surface area is 259 Å². The number of unbranched alkanes of at least 4 members (excludes halogenated alkanes) is 8. The summed E-state index contributed by atoms with van der Waals surface area (Å²) in [6.07, 6.45) is 19.1. The third-order valence-electron chi connectivity index (χ3n) is 7.96. The van der Waals surface area contributed by atoms with Crippen molar-refractivity contribution in [1.29, 1.82) is 0 Å². The van der Waals surface area contributed by atoms with Crippen molar-refractivity contribution < 1.29 is 19.1 Å². The van der Waals surface area contributed by atoms with Gasteiger partial charge in [-0.1, -0.05) is 103 Å². The predicted octanol–water partition coefficient (Wildman–Crippen LogP) is 12.6. The maximum absolute atomic E-state index is 11.9. The van der Waals surface area contributed by atoms with Crippen LogP contribution in [-0.4, -0.2) is 4.70 Å². The third kappa shape index (κ3) is 11.3. The van der Waals surface area contributed by atoms with Crippen molar-refractivity contribution in [3.05, 3.63) is 87.5 Å². The SMILES string of the molecule is CCCCCCCCC1=C(c2cccc(CCCC)c2)[N+](=[N-])C(c2cccc(CCCC)c2)=C1CCCC.[CH3][Ni][CH3]. The summed E-state index contributed by atoms with van der Waals surface area (Å²) in [4.78, 5) is 0. The monoisotopic (exact) mass is 600 g/mol. The number of benzene rings is 2. The van der Waals surface area contributed by atoms with Gasteiger partial charge in [0.1, 0.15) is 0 Å². The van der Waals surface area contributed by atoms with E-state index in [0.29, 0.717) is 0 Å². The molecule has 0 spiro atoms. The normalized spacial score (nSPS) is 13.3. The van der Waals surface area contributed by atoms with Crippen LogP contribution in [0, 0.1) is 0 Å². The van der Waals surface area contributed by atoms with Gasteiger partial charge in [0.15, 0.2) is 0 Å². The van der Waals surface area contributed by atoms with Gasteiger partial charge in [-0.25, -0.2) is 4.70 Å². The molecule has 2 aromatic rings. The van der Waals surface area contributed by atoms with E-state index in [1.54, 1.807) is 19.1 Å². The first kappa shape index (κ1) is 35.2. The number of hydrogen-bond acceptors (Lipinski definition) is 0. The first-order chi connectivity index (χ1) is 20.1. The number of nitrogens with zero attached hydrogens (tertiary/aromatic N) is 2. The zero-order valence-electron chi connectivity index (χ0n) is 27.1. The summed E-state index contributed by atoms with van der Waals surface area (Å²) in [6.45, 7) is 9.05. The van der Waals surface area contributed by atoms with Gasteiger partial charge in [0.25, 0.3) is 0 Å². The molecule has 0 aliphatic carbocycles. The van der Waals surface area contributed by atoms with Gasteiger partial charge in [0, 0.05) is 22.3 Å². The van der Waals surface area contributed by atoms with Crippen LogP contribution in [0.1, 0.15) is 140 Å². The summed E-state index contributed by atoms with van der Waals surface area (Å²) in [5.41, 5.74) is 21.8. The molecule has 1 aliphatic rings. The van der Waals surface area contributed by atoms with Gasteiger partial charge in [0.2, 0.25) is 11.4 Å². The van der Waals surface area contributed by atoms with Crippen molar-refractivity contribution in [2.45, 2.75) is 142 Å². The van der Waals surface area contributed by atoms with E-state index in [9.17, 15) is 5.53 Å². The van der Waals surface area contributed by atoms with Gasteiger partial charge in [-0.3, -0.25) is 0 Å². The first-order valence-corrected chi connectivity index (χ1v) is 18.4. The zero-order valence-corrected chi connectivity index (χ0v) is 28.1. The standard InChI is InChI=1S/C36H52N2.2CH3.Ni/c1-5-9-13-14-15-16-26-34-33(25-12-8-4)35(31-23-17-21-29(27-31)19-10-6-2)38(37)36(34)32-24-18-22-30(28-32)20-11-7-3;;;/h17-18,21-24,27-28H,5-16,19-20,25-26H2,1-4H3;2*1H3;. The van der Waals surface area contributed by atoms with Crippen LogP contribution in [0.4, 0.5) is 0 Å². The van der Waals surface area contributed by atoms with Gasteiger partial charge in [-0.15, -0.1) is 0 Å². The van der Waals surface area contributed by atoms with E-state index < -0.39 is 0 Å². The van der Waals surface area contributed by atoms with Gasteiger partial charge in [-0.2, -0.15) is 0 Å². The molecule has 2 nitrogen and oxygen atoms in total. The molecular weight excluding hydrogens is 543 g/mol. The summed E-state index contributed by atoms with van der Waals surface area (Å²) in [6, 6.07) is 17.9. The van der Waals surface area contributed by atoms with Crippen molar-refractivity contribution in [3.63, 3.8) is 0 Å². The minimum absolute atomic E-state index is 1.02. The Morgan fingerprint density at radius 3 is 1.39 bits per heavy atom. The molecule has 0 fully saturated rings. The second-order valence-corrected chi connectivity index (χ2v) is 12.5. The van der Waals surface area contributed by atoms with E-state index >= 15 is 0 Å². The Hall–Kier alpha value is -1.99. The molecule has 3 rings (SSSR count). The summed E-state index contributed by atoms with van der Waals surface area (Å²) < 4.78 is 1.56. The molecule has 230 valence electrons. The molecule has 3 heteroatoms. The van der Waals surface area contributed by atoms with Crippen LogP contribution in [0.15, 0.2) is 59.7 Å². The molecule has 2 aromatic carbocycles. The van der Waals surface area contributed by atoms with Gasteiger partial charge < -0.3 is 5.53 Å². The molecule has 0 radical (unpaired) electrons. The molecule has 0 aromatic heterocycles. The molecule has 0 amide bonds. The molecule has 0 bridgehead atoms. The molecule has 1 aliphatic heterocycles. The van der Waals surface area contributed by atoms with Crippen LogP contribution in [-0.2, 0) is 27.3 Å². The molecule has 0 saturated heterocycles. The van der Waals surface area contributed by atoms with E-state index in [2.05, 4.69) is 88.0 Å². The molecule has 41 heavy (non-hydrogen) atoms. The Kier molecular flexibility index (Phi) is 17.9. The first-order valence-electron chi connectivity index (χ1n) is 16.4. The van der Waals surface area contributed by atoms with E-state index in [-0.39, 0.29) is 0 Å². The Bertz CT molecular complexity index is 1110. The molecule has 1 heterocycles. The Morgan fingerprint density at radius 1 is 0.537 bits per heavy atom. The number of allylic oxidation sites excluding steroid dienone is 2. The number of rotatable bonds is 18. The summed E-state index contributed by atoms with van der Waals surface area (Å²) >= 11 is 1.62. The molecule has 0 atom stereocenters. The third-order valence-corrected chi connectivity index (χ3v) is 7.96. The Morgan fingerprint density at radius 2 is 0.927 bits per heavy atom. The number of aryl methyl sites for hydroxylation is 2. The van der Waals surface area contributed by atoms with Crippen LogP contribution in [0.3, 0.4) is 0 Å². The van der Waals surface area contributed by atoms with Crippen molar-refractivity contribution in [2.75, 3.05) is 0 Å². The fourth-order valence-electron chi connectivity index (χ4n) is 5.73. The van der Waals surface area contributed by atoms with Crippen LogP contribution in [0.25, 0.3) is 16.9 Å². The quantitative estimate of drug-likeness (QED) is 0.0923. The van der Waals surface area contributed by atoms with E-state index in [1.165, 1.54) is 86.5 Å². The average molecular weight is 602 g/mol. The minimum atomic E-state index is 1.02. The molecule has 0 saturated carbocycles. The molecule has 0 unspecified atom stereocenters. The second-order valence-electron chi connectivity index (χ2n) is 11.5. The summed E-state index contributed by atoms with van der Waals surface area (Å²) in [5.74, 6) is 4.12. The van der Waals surface area contributed by atoms with Crippen molar-refractivity contribution in [3.8, 4) is 0 Å². The second kappa shape index (κ2) is 20.8. The van der Waals surface area contributed by atoms with Crippen LogP contribution in [0.5, 0.6) is 0 Å². The molecular formula is C38H58N2Ni. The van der Waals surface area contributed by atoms with E-state index in [1.807, 2.05) is 0 Å². The van der Waals surface area contributed by atoms with Crippen LogP contribution in [0.2, 0.25) is 11.8 Å².